The van der Waals surface area contributed by atoms with Crippen LogP contribution in [0.3, 0.4) is 0 Å². The summed E-state index contributed by atoms with van der Waals surface area (Å²) in [6.07, 6.45) is 8.83. The van der Waals surface area contributed by atoms with Crippen LogP contribution in [0.15, 0.2) is 12.7 Å². The van der Waals surface area contributed by atoms with Gasteiger partial charge in [0.1, 0.15) is 0 Å². The smallest absolute Gasteiger partial charge is 0.411 e. The van der Waals surface area contributed by atoms with Crippen LogP contribution in [0, 0.1) is 17.8 Å². The van der Waals surface area contributed by atoms with Crippen molar-refractivity contribution in [3.05, 3.63) is 12.7 Å². The first-order valence-electron chi connectivity index (χ1n) is 6.74. The SMILES string of the molecule is C=CC(B1OCCCO1)[C@H]1C[C@@H]2CC[C@H]1C2. The van der Waals surface area contributed by atoms with Gasteiger partial charge in [-0.05, 0) is 43.4 Å². The van der Waals surface area contributed by atoms with Gasteiger partial charge in [0.15, 0.2) is 0 Å². The van der Waals surface area contributed by atoms with Crippen LogP contribution < -0.4 is 0 Å². The first-order chi connectivity index (χ1) is 7.88. The van der Waals surface area contributed by atoms with Crippen molar-refractivity contribution < 1.29 is 9.31 Å². The molecule has 2 aliphatic carbocycles. The summed E-state index contributed by atoms with van der Waals surface area (Å²) in [7, 11) is -0.00407. The van der Waals surface area contributed by atoms with E-state index in [2.05, 4.69) is 12.7 Å². The van der Waals surface area contributed by atoms with Crippen molar-refractivity contribution in [1.29, 1.82) is 0 Å². The molecule has 1 heterocycles. The van der Waals surface area contributed by atoms with Crippen LogP contribution in [-0.2, 0) is 9.31 Å². The van der Waals surface area contributed by atoms with Crippen LogP contribution in [0.5, 0.6) is 0 Å². The average Bonchev–Trinajstić information content (AvgIpc) is 2.94. The molecule has 1 saturated heterocycles. The van der Waals surface area contributed by atoms with Gasteiger partial charge in [-0.1, -0.05) is 12.5 Å². The summed E-state index contributed by atoms with van der Waals surface area (Å²) in [5.41, 5.74) is 0. The average molecular weight is 220 g/mol. The minimum atomic E-state index is -0.00407. The Labute approximate surface area is 98.5 Å². The molecule has 2 bridgehead atoms. The molecule has 16 heavy (non-hydrogen) atoms. The lowest BCUT2D eigenvalue weighted by Crippen LogP contribution is -2.38. The number of hydrogen-bond donors (Lipinski definition) is 0. The topological polar surface area (TPSA) is 18.5 Å². The predicted octanol–water partition coefficient (Wildman–Crippen LogP) is 2.90. The lowest BCUT2D eigenvalue weighted by Gasteiger charge is -2.33. The number of fused-ring (bicyclic) bond motifs is 2. The number of hydrogen-bond acceptors (Lipinski definition) is 2. The van der Waals surface area contributed by atoms with Crippen molar-refractivity contribution in [1.82, 2.24) is 0 Å². The maximum absolute atomic E-state index is 5.76. The molecule has 3 aliphatic rings. The highest BCUT2D eigenvalue weighted by Gasteiger charge is 2.47. The van der Waals surface area contributed by atoms with Gasteiger partial charge in [-0.25, -0.2) is 0 Å². The van der Waals surface area contributed by atoms with E-state index in [1.807, 2.05) is 0 Å². The van der Waals surface area contributed by atoms with Crippen molar-refractivity contribution >= 4 is 7.12 Å². The molecule has 1 unspecified atom stereocenters. The normalized spacial score (nSPS) is 40.0. The first kappa shape index (κ1) is 10.9. The van der Waals surface area contributed by atoms with Gasteiger partial charge in [-0.2, -0.15) is 0 Å². The largest absolute Gasteiger partial charge is 0.464 e. The summed E-state index contributed by atoms with van der Waals surface area (Å²) >= 11 is 0. The van der Waals surface area contributed by atoms with Crippen LogP contribution in [0.2, 0.25) is 5.82 Å². The van der Waals surface area contributed by atoms with Crippen molar-refractivity contribution in [2.75, 3.05) is 13.2 Å². The lowest BCUT2D eigenvalue weighted by molar-refractivity contribution is 0.120. The second kappa shape index (κ2) is 4.54. The van der Waals surface area contributed by atoms with Crippen molar-refractivity contribution in [2.45, 2.75) is 37.9 Å². The van der Waals surface area contributed by atoms with E-state index < -0.39 is 0 Å². The molecule has 3 heteroatoms. The zero-order chi connectivity index (χ0) is 11.0. The Hall–Kier alpha value is -0.275. The Balaban J connectivity index is 1.68. The fourth-order valence-corrected chi connectivity index (χ4v) is 3.98. The summed E-state index contributed by atoms with van der Waals surface area (Å²) in [5, 5.41) is 0. The van der Waals surface area contributed by atoms with Crippen LogP contribution >= 0.6 is 0 Å². The van der Waals surface area contributed by atoms with Crippen LogP contribution in [0.4, 0.5) is 0 Å². The molecule has 0 amide bonds. The summed E-state index contributed by atoms with van der Waals surface area (Å²) in [5.74, 6) is 3.11. The Morgan fingerprint density at radius 1 is 1.19 bits per heavy atom. The van der Waals surface area contributed by atoms with Gasteiger partial charge in [0.05, 0.1) is 0 Å². The summed E-state index contributed by atoms with van der Waals surface area (Å²) < 4.78 is 11.5. The number of allylic oxidation sites excluding steroid dienone is 1. The summed E-state index contributed by atoms with van der Waals surface area (Å²) in [4.78, 5) is 0. The quantitative estimate of drug-likeness (QED) is 0.537. The molecule has 0 aromatic carbocycles. The zero-order valence-electron chi connectivity index (χ0n) is 9.94. The van der Waals surface area contributed by atoms with E-state index >= 15 is 0 Å². The predicted molar refractivity (Wildman–Crippen MR) is 65.2 cm³/mol. The maximum atomic E-state index is 5.76. The van der Waals surface area contributed by atoms with Gasteiger partial charge < -0.3 is 9.31 Å². The molecule has 1 aliphatic heterocycles. The zero-order valence-corrected chi connectivity index (χ0v) is 9.94. The molecule has 0 aromatic rings. The molecule has 0 N–H and O–H groups in total. The highest BCUT2D eigenvalue weighted by molar-refractivity contribution is 6.47. The van der Waals surface area contributed by atoms with E-state index in [1.165, 1.54) is 25.7 Å². The van der Waals surface area contributed by atoms with E-state index in [9.17, 15) is 0 Å². The Bertz CT molecular complexity index is 263. The molecule has 0 aromatic heterocycles. The van der Waals surface area contributed by atoms with Crippen molar-refractivity contribution in [2.24, 2.45) is 17.8 Å². The van der Waals surface area contributed by atoms with E-state index in [1.54, 1.807) is 0 Å². The minimum Gasteiger partial charge on any atom is -0.411 e. The van der Waals surface area contributed by atoms with Crippen LogP contribution in [-0.4, -0.2) is 20.3 Å². The van der Waals surface area contributed by atoms with Gasteiger partial charge in [0, 0.05) is 19.0 Å². The molecule has 2 saturated carbocycles. The van der Waals surface area contributed by atoms with Gasteiger partial charge in [-0.3, -0.25) is 0 Å². The molecule has 0 radical (unpaired) electrons. The molecule has 3 rings (SSSR count). The standard InChI is InChI=1S/C13H21BO2/c1-2-13(14-15-6-3-7-16-14)12-9-10-4-5-11(12)8-10/h2,10-13H,1,3-9H2/t10-,11+,12+,13?/m1/s1. The fourth-order valence-electron chi connectivity index (χ4n) is 3.98. The third-order valence-corrected chi connectivity index (χ3v) is 4.73. The van der Waals surface area contributed by atoms with Gasteiger partial charge in [-0.15, -0.1) is 6.58 Å². The highest BCUT2D eigenvalue weighted by Crippen LogP contribution is 2.53. The highest BCUT2D eigenvalue weighted by atomic mass is 16.6. The Morgan fingerprint density at radius 2 is 2.00 bits per heavy atom. The van der Waals surface area contributed by atoms with Gasteiger partial charge >= 0.3 is 7.12 Å². The third-order valence-electron chi connectivity index (χ3n) is 4.73. The van der Waals surface area contributed by atoms with Crippen molar-refractivity contribution in [3.63, 3.8) is 0 Å². The second-order valence-electron chi connectivity index (χ2n) is 5.62. The minimum absolute atomic E-state index is 0.00407. The van der Waals surface area contributed by atoms with E-state index in [-0.39, 0.29) is 7.12 Å². The molecular weight excluding hydrogens is 199 g/mol. The maximum Gasteiger partial charge on any atom is 0.464 e. The second-order valence-corrected chi connectivity index (χ2v) is 5.62. The molecule has 2 nitrogen and oxygen atoms in total. The van der Waals surface area contributed by atoms with Gasteiger partial charge in [0.25, 0.3) is 0 Å². The number of rotatable bonds is 3. The molecule has 3 fully saturated rings. The molecule has 88 valence electrons. The summed E-state index contributed by atoms with van der Waals surface area (Å²) in [6.45, 7) is 5.72. The van der Waals surface area contributed by atoms with Crippen molar-refractivity contribution in [3.8, 4) is 0 Å². The monoisotopic (exact) mass is 220 g/mol. The Kier molecular flexibility index (Phi) is 3.08. The lowest BCUT2D eigenvalue weighted by atomic mass is 9.60. The Morgan fingerprint density at radius 3 is 2.56 bits per heavy atom. The molecular formula is C13H21BO2. The van der Waals surface area contributed by atoms with Gasteiger partial charge in [0.2, 0.25) is 0 Å². The fraction of sp³-hybridized carbons (Fsp3) is 0.846. The third kappa shape index (κ3) is 1.84. The summed E-state index contributed by atoms with van der Waals surface area (Å²) in [6, 6.07) is 0. The molecule has 0 spiro atoms. The van der Waals surface area contributed by atoms with Crippen LogP contribution in [0.25, 0.3) is 0 Å². The van der Waals surface area contributed by atoms with E-state index in [4.69, 9.17) is 9.31 Å². The van der Waals surface area contributed by atoms with E-state index in [0.717, 1.165) is 37.4 Å². The van der Waals surface area contributed by atoms with Crippen LogP contribution in [0.1, 0.15) is 32.1 Å². The van der Waals surface area contributed by atoms with E-state index in [0.29, 0.717) is 5.82 Å². The molecule has 4 atom stereocenters. The first-order valence-corrected chi connectivity index (χ1v) is 6.74.